The third-order valence-electron chi connectivity index (χ3n) is 4.45. The van der Waals surface area contributed by atoms with Crippen LogP contribution in [0.1, 0.15) is 18.5 Å². The summed E-state index contributed by atoms with van der Waals surface area (Å²) in [5, 5.41) is 9.29. The average Bonchev–Trinajstić information content (AvgIpc) is 2.69. The van der Waals surface area contributed by atoms with Crippen LogP contribution in [0.2, 0.25) is 0 Å². The number of rotatable bonds is 5. The Morgan fingerprint density at radius 2 is 1.97 bits per heavy atom. The highest BCUT2D eigenvalue weighted by Gasteiger charge is 2.30. The maximum atomic E-state index is 13.7. The molecule has 0 saturated heterocycles. The first-order chi connectivity index (χ1) is 13.8. The molecule has 0 aliphatic carbocycles. The lowest BCUT2D eigenvalue weighted by Gasteiger charge is -2.30. The van der Waals surface area contributed by atoms with Crippen LogP contribution in [0.25, 0.3) is 0 Å². The smallest absolute Gasteiger partial charge is 0.255 e. The summed E-state index contributed by atoms with van der Waals surface area (Å²) in [5.74, 6) is 0.317. The lowest BCUT2D eigenvalue weighted by Crippen LogP contribution is -2.45. The minimum Gasteiger partial charge on any atom is -0.497 e. The SMILES string of the molecule is COc1ccc(OC)c(NC(=O)C2=C(C)NC(=S)NC2c2ccc(F)c(Br)c2)c1. The summed E-state index contributed by atoms with van der Waals surface area (Å²) >= 11 is 8.44. The molecule has 3 N–H and O–H groups in total. The first kappa shape index (κ1) is 21.1. The van der Waals surface area contributed by atoms with Crippen LogP contribution in [0.15, 0.2) is 52.1 Å². The summed E-state index contributed by atoms with van der Waals surface area (Å²) < 4.78 is 24.6. The third-order valence-corrected chi connectivity index (χ3v) is 5.27. The van der Waals surface area contributed by atoms with E-state index >= 15 is 0 Å². The van der Waals surface area contributed by atoms with Crippen molar-refractivity contribution in [2.45, 2.75) is 13.0 Å². The molecule has 6 nitrogen and oxygen atoms in total. The second-order valence-corrected chi connectivity index (χ2v) is 7.53. The van der Waals surface area contributed by atoms with Gasteiger partial charge in [0.1, 0.15) is 17.3 Å². The van der Waals surface area contributed by atoms with Gasteiger partial charge in [-0.3, -0.25) is 4.79 Å². The van der Waals surface area contributed by atoms with Gasteiger partial charge in [-0.15, -0.1) is 0 Å². The fraction of sp³-hybridized carbons (Fsp3) is 0.200. The van der Waals surface area contributed by atoms with Gasteiger partial charge in [0.15, 0.2) is 5.11 Å². The molecular weight excluding hydrogens is 461 g/mol. The minimum atomic E-state index is -0.558. The van der Waals surface area contributed by atoms with E-state index in [4.69, 9.17) is 21.7 Å². The number of carbonyl (C=O) groups is 1. The summed E-state index contributed by atoms with van der Waals surface area (Å²) in [5.41, 5.74) is 2.16. The maximum absolute atomic E-state index is 13.7. The fourth-order valence-corrected chi connectivity index (χ4v) is 3.71. The molecule has 0 radical (unpaired) electrons. The van der Waals surface area contributed by atoms with Crippen LogP contribution in [-0.4, -0.2) is 25.2 Å². The Kier molecular flexibility index (Phi) is 6.39. The predicted octanol–water partition coefficient (Wildman–Crippen LogP) is 4.04. The zero-order valence-corrected chi connectivity index (χ0v) is 18.3. The second-order valence-electron chi connectivity index (χ2n) is 6.26. The van der Waals surface area contributed by atoms with Crippen LogP contribution in [0.5, 0.6) is 11.5 Å². The van der Waals surface area contributed by atoms with Crippen molar-refractivity contribution < 1.29 is 18.7 Å². The predicted molar refractivity (Wildman–Crippen MR) is 117 cm³/mol. The molecular formula is C20H19BrFN3O3S. The molecule has 2 aromatic rings. The van der Waals surface area contributed by atoms with E-state index in [2.05, 4.69) is 31.9 Å². The van der Waals surface area contributed by atoms with Crippen LogP contribution in [-0.2, 0) is 4.79 Å². The molecule has 1 heterocycles. The van der Waals surface area contributed by atoms with Gasteiger partial charge in [0.05, 0.1) is 36.0 Å². The number of anilines is 1. The lowest BCUT2D eigenvalue weighted by atomic mass is 9.95. The van der Waals surface area contributed by atoms with Gasteiger partial charge in [0, 0.05) is 11.8 Å². The van der Waals surface area contributed by atoms with Crippen molar-refractivity contribution in [2.75, 3.05) is 19.5 Å². The molecule has 152 valence electrons. The number of amides is 1. The van der Waals surface area contributed by atoms with Crippen molar-refractivity contribution in [3.05, 3.63) is 63.5 Å². The first-order valence-corrected chi connectivity index (χ1v) is 9.80. The van der Waals surface area contributed by atoms with Crippen molar-refractivity contribution in [1.29, 1.82) is 0 Å². The van der Waals surface area contributed by atoms with Crippen molar-refractivity contribution in [2.24, 2.45) is 0 Å². The van der Waals surface area contributed by atoms with Crippen LogP contribution in [0, 0.1) is 5.82 Å². The quantitative estimate of drug-likeness (QED) is 0.562. The lowest BCUT2D eigenvalue weighted by molar-refractivity contribution is -0.113. The number of allylic oxidation sites excluding steroid dienone is 1. The summed E-state index contributed by atoms with van der Waals surface area (Å²) in [4.78, 5) is 13.2. The van der Waals surface area contributed by atoms with Gasteiger partial charge in [-0.2, -0.15) is 0 Å². The Labute approximate surface area is 181 Å². The summed E-state index contributed by atoms with van der Waals surface area (Å²) in [7, 11) is 3.06. The third kappa shape index (κ3) is 4.51. The normalized spacial score (nSPS) is 16.0. The largest absolute Gasteiger partial charge is 0.497 e. The highest BCUT2D eigenvalue weighted by Crippen LogP contribution is 2.33. The van der Waals surface area contributed by atoms with Gasteiger partial charge in [-0.1, -0.05) is 6.07 Å². The van der Waals surface area contributed by atoms with Gasteiger partial charge < -0.3 is 25.4 Å². The number of halogens is 2. The van der Waals surface area contributed by atoms with Gasteiger partial charge in [0.25, 0.3) is 5.91 Å². The average molecular weight is 480 g/mol. The number of hydrogen-bond donors (Lipinski definition) is 3. The van der Waals surface area contributed by atoms with Crippen molar-refractivity contribution in [1.82, 2.24) is 10.6 Å². The van der Waals surface area contributed by atoms with Crippen molar-refractivity contribution in [3.8, 4) is 11.5 Å². The zero-order chi connectivity index (χ0) is 21.1. The molecule has 1 unspecified atom stereocenters. The zero-order valence-electron chi connectivity index (χ0n) is 15.9. The van der Waals surface area contributed by atoms with E-state index < -0.39 is 11.9 Å². The van der Waals surface area contributed by atoms with E-state index in [1.165, 1.54) is 13.2 Å². The molecule has 3 rings (SSSR count). The highest BCUT2D eigenvalue weighted by atomic mass is 79.9. The molecule has 0 spiro atoms. The topological polar surface area (TPSA) is 71.6 Å². The molecule has 1 amide bonds. The van der Waals surface area contributed by atoms with Crippen molar-refractivity contribution >= 4 is 44.9 Å². The molecule has 9 heteroatoms. The maximum Gasteiger partial charge on any atom is 0.255 e. The van der Waals surface area contributed by atoms with E-state index in [1.807, 2.05) is 0 Å². The Balaban J connectivity index is 1.99. The minimum absolute atomic E-state index is 0.299. The fourth-order valence-electron chi connectivity index (χ4n) is 3.04. The molecule has 0 bridgehead atoms. The molecule has 29 heavy (non-hydrogen) atoms. The van der Waals surface area contributed by atoms with Crippen LogP contribution in [0.4, 0.5) is 10.1 Å². The van der Waals surface area contributed by atoms with Crippen LogP contribution in [0.3, 0.4) is 0 Å². The Morgan fingerprint density at radius 3 is 2.62 bits per heavy atom. The number of nitrogens with one attached hydrogen (secondary N) is 3. The number of ether oxygens (including phenoxy) is 2. The Morgan fingerprint density at radius 1 is 1.21 bits per heavy atom. The number of methoxy groups -OCH3 is 2. The number of carbonyl (C=O) groups excluding carboxylic acids is 1. The molecule has 1 aliphatic rings. The van der Waals surface area contributed by atoms with Gasteiger partial charge in [-0.05, 0) is 64.9 Å². The van der Waals surface area contributed by atoms with Gasteiger partial charge >= 0.3 is 0 Å². The number of benzene rings is 2. The van der Waals surface area contributed by atoms with Gasteiger partial charge in [-0.25, -0.2) is 4.39 Å². The molecule has 0 fully saturated rings. The first-order valence-electron chi connectivity index (χ1n) is 8.60. The summed E-state index contributed by atoms with van der Waals surface area (Å²) in [6.07, 6.45) is 0. The molecule has 1 aliphatic heterocycles. The van der Waals surface area contributed by atoms with Gasteiger partial charge in [0.2, 0.25) is 0 Å². The molecule has 2 aromatic carbocycles. The number of hydrogen-bond acceptors (Lipinski definition) is 4. The summed E-state index contributed by atoms with van der Waals surface area (Å²) in [6.45, 7) is 1.76. The summed E-state index contributed by atoms with van der Waals surface area (Å²) in [6, 6.07) is 9.12. The van der Waals surface area contributed by atoms with Crippen molar-refractivity contribution in [3.63, 3.8) is 0 Å². The second kappa shape index (κ2) is 8.79. The van der Waals surface area contributed by atoms with E-state index in [1.54, 1.807) is 44.4 Å². The molecule has 0 aromatic heterocycles. The Hall–Kier alpha value is -2.65. The van der Waals surface area contributed by atoms with Crippen LogP contribution < -0.4 is 25.4 Å². The number of thiocarbonyl (C=S) groups is 1. The van der Waals surface area contributed by atoms with E-state index in [9.17, 15) is 9.18 Å². The van der Waals surface area contributed by atoms with E-state index in [0.29, 0.717) is 43.6 Å². The standard InChI is InChI=1S/C20H19BrFN3O3S/c1-10-17(19(26)24-15-9-12(27-2)5-7-16(15)28-3)18(25-20(29)23-10)11-4-6-14(22)13(21)8-11/h4-9,18H,1-3H3,(H,24,26)(H2,23,25,29). The van der Waals surface area contributed by atoms with E-state index in [0.717, 1.165) is 0 Å². The monoisotopic (exact) mass is 479 g/mol. The molecule has 1 atom stereocenters. The Bertz CT molecular complexity index is 1010. The molecule has 0 saturated carbocycles. The van der Waals surface area contributed by atoms with Crippen LogP contribution >= 0.6 is 28.1 Å². The highest BCUT2D eigenvalue weighted by molar-refractivity contribution is 9.10. The van der Waals surface area contributed by atoms with E-state index in [-0.39, 0.29) is 5.91 Å².